The van der Waals surface area contributed by atoms with Gasteiger partial charge in [0.25, 0.3) is 0 Å². The number of hydrogen-bond donors (Lipinski definition) is 0. The summed E-state index contributed by atoms with van der Waals surface area (Å²) in [5.41, 5.74) is 5.74. The van der Waals surface area contributed by atoms with E-state index in [0.29, 0.717) is 5.56 Å². The minimum absolute atomic E-state index is 0.714. The Morgan fingerprint density at radius 3 is 1.77 bits per heavy atom. The lowest BCUT2D eigenvalue weighted by Crippen LogP contribution is -1.97. The van der Waals surface area contributed by atoms with Crippen molar-refractivity contribution in [3.05, 3.63) is 89.5 Å². The lowest BCUT2D eigenvalue weighted by atomic mass is 10.00. The minimum atomic E-state index is 0.714. The van der Waals surface area contributed by atoms with E-state index < -0.39 is 0 Å². The number of benzene rings is 3. The van der Waals surface area contributed by atoms with Gasteiger partial charge in [-0.15, -0.1) is 0 Å². The Morgan fingerprint density at radius 1 is 0.667 bits per heavy atom. The quantitative estimate of drug-likeness (QED) is 0.317. The summed E-state index contributed by atoms with van der Waals surface area (Å²) in [6, 6.07) is 27.2. The Morgan fingerprint density at radius 2 is 1.20 bits per heavy atom. The van der Waals surface area contributed by atoms with Gasteiger partial charge in [-0.25, -0.2) is 0 Å². The van der Waals surface area contributed by atoms with Crippen LogP contribution in [0.15, 0.2) is 72.8 Å². The molecule has 0 aliphatic carbocycles. The van der Waals surface area contributed by atoms with Gasteiger partial charge < -0.3 is 4.74 Å². The number of nitrogens with zero attached hydrogens (tertiary/aromatic N) is 1. The van der Waals surface area contributed by atoms with Crippen LogP contribution in [0, 0.1) is 11.3 Å². The molecule has 0 aliphatic heterocycles. The van der Waals surface area contributed by atoms with Gasteiger partial charge in [-0.3, -0.25) is 0 Å². The van der Waals surface area contributed by atoms with Gasteiger partial charge in [0.05, 0.1) is 18.2 Å². The van der Waals surface area contributed by atoms with E-state index in [1.807, 2.05) is 24.3 Å². The molecule has 3 aromatic carbocycles. The Hall–Kier alpha value is -3.05. The molecule has 0 saturated heterocycles. The van der Waals surface area contributed by atoms with Gasteiger partial charge in [0, 0.05) is 0 Å². The molecule has 3 aromatic rings. The van der Waals surface area contributed by atoms with Gasteiger partial charge in [-0.05, 0) is 65.8 Å². The molecule has 0 fully saturated rings. The van der Waals surface area contributed by atoms with Crippen LogP contribution in [0.4, 0.5) is 0 Å². The van der Waals surface area contributed by atoms with Crippen molar-refractivity contribution in [2.24, 2.45) is 0 Å². The third-order valence-electron chi connectivity index (χ3n) is 5.44. The first kappa shape index (κ1) is 21.7. The molecule has 2 nitrogen and oxygen atoms in total. The highest BCUT2D eigenvalue weighted by atomic mass is 16.5. The smallest absolute Gasteiger partial charge is 0.119 e. The van der Waals surface area contributed by atoms with Crippen LogP contribution in [0.2, 0.25) is 0 Å². The monoisotopic (exact) mass is 397 g/mol. The third-order valence-corrected chi connectivity index (χ3v) is 5.44. The molecule has 2 heteroatoms. The van der Waals surface area contributed by atoms with Gasteiger partial charge in [-0.1, -0.05) is 81.1 Å². The largest absolute Gasteiger partial charge is 0.494 e. The summed E-state index contributed by atoms with van der Waals surface area (Å²) in [5.74, 6) is 0.952. The minimum Gasteiger partial charge on any atom is -0.494 e. The second-order valence-corrected chi connectivity index (χ2v) is 7.79. The van der Waals surface area contributed by atoms with Crippen LogP contribution in [0.25, 0.3) is 11.1 Å². The van der Waals surface area contributed by atoms with Crippen molar-refractivity contribution in [1.82, 2.24) is 0 Å². The molecule has 0 aromatic heterocycles. The Labute approximate surface area is 181 Å². The fourth-order valence-electron chi connectivity index (χ4n) is 3.54. The van der Waals surface area contributed by atoms with Crippen LogP contribution in [0.5, 0.6) is 5.75 Å². The van der Waals surface area contributed by atoms with Gasteiger partial charge in [0.15, 0.2) is 0 Å². The van der Waals surface area contributed by atoms with Crippen molar-refractivity contribution in [2.75, 3.05) is 6.61 Å². The second-order valence-electron chi connectivity index (χ2n) is 7.79. The second kappa shape index (κ2) is 11.8. The molecule has 0 aliphatic rings. The van der Waals surface area contributed by atoms with Crippen molar-refractivity contribution >= 4 is 0 Å². The standard InChI is InChI=1S/C28H31NO/c1-2-3-4-5-6-21-30-28-19-17-27(18-20-28)26-15-13-24(14-16-26)8-7-23-9-11-25(22-29)12-10-23/h9-20H,2-8,21H2,1H3. The van der Waals surface area contributed by atoms with Crippen LogP contribution in [0.1, 0.15) is 55.7 Å². The van der Waals surface area contributed by atoms with Crippen LogP contribution in [0.3, 0.4) is 0 Å². The summed E-state index contributed by atoms with van der Waals surface area (Å²) in [6.07, 6.45) is 8.27. The highest BCUT2D eigenvalue weighted by Crippen LogP contribution is 2.23. The molecule has 0 radical (unpaired) electrons. The zero-order valence-corrected chi connectivity index (χ0v) is 17.9. The van der Waals surface area contributed by atoms with Gasteiger partial charge in [-0.2, -0.15) is 5.26 Å². The molecule has 30 heavy (non-hydrogen) atoms. The van der Waals surface area contributed by atoms with E-state index in [0.717, 1.165) is 31.6 Å². The average molecular weight is 398 g/mol. The van der Waals surface area contributed by atoms with Gasteiger partial charge in [0.2, 0.25) is 0 Å². The Bertz CT molecular complexity index is 918. The van der Waals surface area contributed by atoms with Gasteiger partial charge >= 0.3 is 0 Å². The maximum Gasteiger partial charge on any atom is 0.119 e. The van der Waals surface area contributed by atoms with Crippen LogP contribution in [-0.2, 0) is 12.8 Å². The normalized spacial score (nSPS) is 10.5. The summed E-state index contributed by atoms with van der Waals surface area (Å²) in [7, 11) is 0. The Balaban J connectivity index is 1.47. The number of nitriles is 1. The van der Waals surface area contributed by atoms with Crippen molar-refractivity contribution in [3.8, 4) is 22.9 Å². The highest BCUT2D eigenvalue weighted by molar-refractivity contribution is 5.64. The van der Waals surface area contributed by atoms with Crippen molar-refractivity contribution in [1.29, 1.82) is 5.26 Å². The summed E-state index contributed by atoms with van der Waals surface area (Å²) < 4.78 is 5.87. The number of hydrogen-bond acceptors (Lipinski definition) is 2. The maximum atomic E-state index is 8.89. The summed E-state index contributed by atoms with van der Waals surface area (Å²) in [6.45, 7) is 3.04. The zero-order valence-electron chi connectivity index (χ0n) is 17.9. The molecule has 0 saturated carbocycles. The number of ether oxygens (including phenoxy) is 1. The molecule has 0 N–H and O–H groups in total. The Kier molecular flexibility index (Phi) is 8.54. The van der Waals surface area contributed by atoms with E-state index in [-0.39, 0.29) is 0 Å². The summed E-state index contributed by atoms with van der Waals surface area (Å²) >= 11 is 0. The predicted molar refractivity (Wildman–Crippen MR) is 125 cm³/mol. The highest BCUT2D eigenvalue weighted by Gasteiger charge is 2.01. The van der Waals surface area contributed by atoms with Crippen LogP contribution < -0.4 is 4.74 Å². The fraction of sp³-hybridized carbons (Fsp3) is 0.321. The van der Waals surface area contributed by atoms with Crippen molar-refractivity contribution in [2.45, 2.75) is 51.9 Å². The lowest BCUT2D eigenvalue weighted by molar-refractivity contribution is 0.304. The molecule has 154 valence electrons. The maximum absolute atomic E-state index is 8.89. The predicted octanol–water partition coefficient (Wildman–Crippen LogP) is 7.36. The number of rotatable bonds is 11. The summed E-state index contributed by atoms with van der Waals surface area (Å²) in [5, 5.41) is 8.89. The van der Waals surface area contributed by atoms with Crippen LogP contribution >= 0.6 is 0 Å². The average Bonchev–Trinajstić information content (AvgIpc) is 2.81. The molecule has 0 bridgehead atoms. The molecule has 0 heterocycles. The van der Waals surface area contributed by atoms with E-state index in [1.54, 1.807) is 0 Å². The lowest BCUT2D eigenvalue weighted by Gasteiger charge is -2.08. The molecule has 0 atom stereocenters. The van der Waals surface area contributed by atoms with E-state index in [2.05, 4.69) is 61.5 Å². The zero-order chi connectivity index (χ0) is 21.0. The van der Waals surface area contributed by atoms with Gasteiger partial charge in [0.1, 0.15) is 5.75 Å². The third kappa shape index (κ3) is 6.78. The molecular weight excluding hydrogens is 366 g/mol. The first-order valence-corrected chi connectivity index (χ1v) is 11.1. The topological polar surface area (TPSA) is 33.0 Å². The molecule has 0 unspecified atom stereocenters. The number of aryl methyl sites for hydroxylation is 2. The first-order chi connectivity index (χ1) is 14.8. The van der Waals surface area contributed by atoms with E-state index in [1.165, 1.54) is 47.9 Å². The summed E-state index contributed by atoms with van der Waals surface area (Å²) in [4.78, 5) is 0. The fourth-order valence-corrected chi connectivity index (χ4v) is 3.54. The van der Waals surface area contributed by atoms with E-state index in [9.17, 15) is 0 Å². The number of unbranched alkanes of at least 4 members (excludes halogenated alkanes) is 4. The molecule has 0 spiro atoms. The van der Waals surface area contributed by atoms with Crippen LogP contribution in [-0.4, -0.2) is 6.61 Å². The van der Waals surface area contributed by atoms with E-state index in [4.69, 9.17) is 10.00 Å². The first-order valence-electron chi connectivity index (χ1n) is 11.1. The SMILES string of the molecule is CCCCCCCOc1ccc(-c2ccc(CCc3ccc(C#N)cc3)cc2)cc1. The molecule has 3 rings (SSSR count). The molecular formula is C28H31NO. The van der Waals surface area contributed by atoms with Crippen molar-refractivity contribution in [3.63, 3.8) is 0 Å². The van der Waals surface area contributed by atoms with E-state index >= 15 is 0 Å². The van der Waals surface area contributed by atoms with Crippen molar-refractivity contribution < 1.29 is 4.74 Å². The molecule has 0 amide bonds.